The van der Waals surface area contributed by atoms with Crippen LogP contribution < -0.4 is 15.6 Å². The van der Waals surface area contributed by atoms with Crippen molar-refractivity contribution in [2.45, 2.75) is 6.54 Å². The SMILES string of the molecule is COc1ccc2[nH]c(=O)c(CN(CCN3CCOCC3)C(=S)Nc3cccc(Cl)c3)cc2c1. The summed E-state index contributed by atoms with van der Waals surface area (Å²) >= 11 is 11.9. The summed E-state index contributed by atoms with van der Waals surface area (Å²) in [6, 6.07) is 14.9. The Morgan fingerprint density at radius 1 is 1.24 bits per heavy atom. The van der Waals surface area contributed by atoms with E-state index in [0.29, 0.717) is 28.8 Å². The number of thiocarbonyl (C=S) groups is 1. The number of rotatable bonds is 7. The van der Waals surface area contributed by atoms with Crippen LogP contribution >= 0.6 is 23.8 Å². The quantitative estimate of drug-likeness (QED) is 0.493. The van der Waals surface area contributed by atoms with Crippen LogP contribution in [0.15, 0.2) is 53.3 Å². The summed E-state index contributed by atoms with van der Waals surface area (Å²) < 4.78 is 10.8. The van der Waals surface area contributed by atoms with E-state index in [9.17, 15) is 4.79 Å². The van der Waals surface area contributed by atoms with Gasteiger partial charge in [-0.1, -0.05) is 17.7 Å². The van der Waals surface area contributed by atoms with Gasteiger partial charge in [-0.15, -0.1) is 0 Å². The third-order valence-electron chi connectivity index (χ3n) is 5.64. The summed E-state index contributed by atoms with van der Waals surface area (Å²) in [4.78, 5) is 20.2. The molecule has 0 atom stereocenters. The fourth-order valence-corrected chi connectivity index (χ4v) is 4.25. The van der Waals surface area contributed by atoms with Crippen molar-refractivity contribution in [3.8, 4) is 5.75 Å². The zero-order valence-corrected chi connectivity index (χ0v) is 20.0. The van der Waals surface area contributed by atoms with Gasteiger partial charge in [-0.2, -0.15) is 0 Å². The van der Waals surface area contributed by atoms with E-state index in [4.69, 9.17) is 33.3 Å². The molecular weight excluding hydrogens is 460 g/mol. The van der Waals surface area contributed by atoms with Gasteiger partial charge in [0.2, 0.25) is 0 Å². The number of ether oxygens (including phenoxy) is 2. The number of H-pyrrole nitrogens is 1. The number of fused-ring (bicyclic) bond motifs is 1. The monoisotopic (exact) mass is 486 g/mol. The van der Waals surface area contributed by atoms with Gasteiger partial charge in [0.25, 0.3) is 5.56 Å². The highest BCUT2D eigenvalue weighted by molar-refractivity contribution is 7.80. The van der Waals surface area contributed by atoms with E-state index in [1.165, 1.54) is 0 Å². The van der Waals surface area contributed by atoms with Gasteiger partial charge in [0.15, 0.2) is 5.11 Å². The van der Waals surface area contributed by atoms with Gasteiger partial charge in [-0.05, 0) is 54.7 Å². The number of pyridine rings is 1. The molecule has 0 aliphatic carbocycles. The zero-order chi connectivity index (χ0) is 23.2. The Morgan fingerprint density at radius 2 is 2.06 bits per heavy atom. The first-order valence-corrected chi connectivity index (χ1v) is 11.6. The minimum absolute atomic E-state index is 0.130. The Kier molecular flexibility index (Phi) is 7.82. The van der Waals surface area contributed by atoms with Gasteiger partial charge in [0, 0.05) is 53.4 Å². The smallest absolute Gasteiger partial charge is 0.253 e. The topological polar surface area (TPSA) is 69.8 Å². The second-order valence-electron chi connectivity index (χ2n) is 7.89. The van der Waals surface area contributed by atoms with Crippen molar-refractivity contribution in [3.05, 3.63) is 69.5 Å². The number of halogens is 1. The van der Waals surface area contributed by atoms with Crippen LogP contribution in [0.1, 0.15) is 5.56 Å². The molecule has 0 radical (unpaired) electrons. The third-order valence-corrected chi connectivity index (χ3v) is 6.24. The fourth-order valence-electron chi connectivity index (χ4n) is 3.79. The van der Waals surface area contributed by atoms with Crippen LogP contribution in [0.4, 0.5) is 5.69 Å². The van der Waals surface area contributed by atoms with E-state index < -0.39 is 0 Å². The van der Waals surface area contributed by atoms with Crippen molar-refractivity contribution < 1.29 is 9.47 Å². The Labute approximate surface area is 203 Å². The molecule has 1 aliphatic heterocycles. The average Bonchev–Trinajstić information content (AvgIpc) is 2.82. The van der Waals surface area contributed by atoms with Crippen LogP contribution in [-0.4, -0.2) is 66.4 Å². The summed E-state index contributed by atoms with van der Waals surface area (Å²) in [6.45, 7) is 5.10. The van der Waals surface area contributed by atoms with E-state index in [-0.39, 0.29) is 5.56 Å². The predicted octanol–water partition coefficient (Wildman–Crippen LogP) is 3.72. The van der Waals surface area contributed by atoms with Gasteiger partial charge in [0.1, 0.15) is 5.75 Å². The highest BCUT2D eigenvalue weighted by Crippen LogP contribution is 2.20. The second-order valence-corrected chi connectivity index (χ2v) is 8.72. The molecule has 7 nitrogen and oxygen atoms in total. The molecule has 0 amide bonds. The van der Waals surface area contributed by atoms with Crippen molar-refractivity contribution in [2.75, 3.05) is 51.8 Å². The van der Waals surface area contributed by atoms with E-state index in [1.54, 1.807) is 7.11 Å². The Morgan fingerprint density at radius 3 is 2.82 bits per heavy atom. The molecule has 2 aromatic carbocycles. The number of morpholine rings is 1. The summed E-state index contributed by atoms with van der Waals surface area (Å²) in [5.74, 6) is 0.739. The molecule has 2 N–H and O–H groups in total. The van der Waals surface area contributed by atoms with Gasteiger partial charge in [0.05, 0.1) is 26.9 Å². The first-order chi connectivity index (χ1) is 16.0. The standard InChI is InChI=1S/C24H27ClN4O3S/c1-31-21-5-6-22-17(14-21)13-18(23(30)27-22)16-29(8-7-28-9-11-32-12-10-28)24(33)26-20-4-2-3-19(25)15-20/h2-6,13-15H,7-12,16H2,1H3,(H,26,33)(H,27,30). The number of nitrogens with one attached hydrogen (secondary N) is 2. The number of nitrogens with zero attached hydrogens (tertiary/aromatic N) is 2. The molecule has 33 heavy (non-hydrogen) atoms. The molecule has 174 valence electrons. The molecule has 1 aliphatic rings. The average molecular weight is 487 g/mol. The maximum absolute atomic E-state index is 12.8. The summed E-state index contributed by atoms with van der Waals surface area (Å²) in [5.41, 5.74) is 2.08. The molecule has 1 fully saturated rings. The number of benzene rings is 2. The lowest BCUT2D eigenvalue weighted by atomic mass is 10.1. The minimum Gasteiger partial charge on any atom is -0.497 e. The third kappa shape index (κ3) is 6.23. The van der Waals surface area contributed by atoms with Crippen LogP contribution in [0.5, 0.6) is 5.75 Å². The van der Waals surface area contributed by atoms with Crippen molar-refractivity contribution in [2.24, 2.45) is 0 Å². The second kappa shape index (κ2) is 11.0. The van der Waals surface area contributed by atoms with Crippen LogP contribution in [-0.2, 0) is 11.3 Å². The van der Waals surface area contributed by atoms with Gasteiger partial charge in [-0.3, -0.25) is 9.69 Å². The van der Waals surface area contributed by atoms with Crippen molar-refractivity contribution in [3.63, 3.8) is 0 Å². The summed E-state index contributed by atoms with van der Waals surface area (Å²) in [6.07, 6.45) is 0. The highest BCUT2D eigenvalue weighted by Gasteiger charge is 2.17. The lowest BCUT2D eigenvalue weighted by molar-refractivity contribution is 0.0358. The van der Waals surface area contributed by atoms with Crippen molar-refractivity contribution >= 4 is 45.5 Å². The highest BCUT2D eigenvalue weighted by atomic mass is 35.5. The van der Waals surface area contributed by atoms with E-state index in [0.717, 1.165) is 55.2 Å². The number of hydrogen-bond acceptors (Lipinski definition) is 5. The first kappa shape index (κ1) is 23.5. The van der Waals surface area contributed by atoms with Crippen LogP contribution in [0.3, 0.4) is 0 Å². The molecule has 0 unspecified atom stereocenters. The molecule has 2 heterocycles. The molecule has 0 saturated carbocycles. The molecule has 1 saturated heterocycles. The Balaban J connectivity index is 1.56. The maximum atomic E-state index is 12.8. The van der Waals surface area contributed by atoms with Crippen molar-refractivity contribution in [1.82, 2.24) is 14.8 Å². The van der Waals surface area contributed by atoms with Crippen LogP contribution in [0.2, 0.25) is 5.02 Å². The van der Waals surface area contributed by atoms with Crippen molar-refractivity contribution in [1.29, 1.82) is 0 Å². The fraction of sp³-hybridized carbons (Fsp3) is 0.333. The van der Waals surface area contributed by atoms with E-state index >= 15 is 0 Å². The lowest BCUT2D eigenvalue weighted by Crippen LogP contribution is -2.44. The van der Waals surface area contributed by atoms with Gasteiger partial charge >= 0.3 is 0 Å². The largest absolute Gasteiger partial charge is 0.497 e. The molecule has 3 aromatic rings. The molecular formula is C24H27ClN4O3S. The first-order valence-electron chi connectivity index (χ1n) is 10.8. The van der Waals surface area contributed by atoms with Crippen LogP contribution in [0, 0.1) is 0 Å². The van der Waals surface area contributed by atoms with Gasteiger partial charge < -0.3 is 24.7 Å². The number of aromatic amines is 1. The molecule has 0 spiro atoms. The predicted molar refractivity (Wildman–Crippen MR) is 136 cm³/mol. The molecule has 1 aromatic heterocycles. The van der Waals surface area contributed by atoms with Crippen LogP contribution in [0.25, 0.3) is 10.9 Å². The molecule has 0 bridgehead atoms. The Bertz CT molecular complexity index is 1180. The molecule has 9 heteroatoms. The summed E-state index contributed by atoms with van der Waals surface area (Å²) in [5, 5.41) is 5.34. The zero-order valence-electron chi connectivity index (χ0n) is 18.5. The van der Waals surface area contributed by atoms with E-state index in [1.807, 2.05) is 53.4 Å². The number of hydrogen-bond donors (Lipinski definition) is 2. The normalized spacial score (nSPS) is 14.2. The maximum Gasteiger partial charge on any atom is 0.253 e. The molecule has 4 rings (SSSR count). The number of anilines is 1. The van der Waals surface area contributed by atoms with Gasteiger partial charge in [-0.25, -0.2) is 0 Å². The Hall–Kier alpha value is -2.65. The van der Waals surface area contributed by atoms with E-state index in [2.05, 4.69) is 15.2 Å². The lowest BCUT2D eigenvalue weighted by Gasteiger charge is -2.31. The number of methoxy groups -OCH3 is 1. The number of aromatic nitrogens is 1. The summed E-state index contributed by atoms with van der Waals surface area (Å²) in [7, 11) is 1.63. The minimum atomic E-state index is -0.130.